The van der Waals surface area contributed by atoms with Crippen LogP contribution in [-0.4, -0.2) is 26.1 Å². The second-order valence-electron chi connectivity index (χ2n) is 5.54. The Hall–Kier alpha value is -1.55. The van der Waals surface area contributed by atoms with E-state index >= 15 is 0 Å². The Kier molecular flexibility index (Phi) is 4.65. The fourth-order valence-electron chi connectivity index (χ4n) is 2.82. The first-order valence-electron chi connectivity index (χ1n) is 7.28. The number of rotatable bonds is 4. The zero-order valence-corrected chi connectivity index (χ0v) is 12.6. The molecular formula is C16H24N2O2. The number of carbonyl (C=O) groups is 1. The van der Waals surface area contributed by atoms with Crippen LogP contribution in [0.25, 0.3) is 0 Å². The van der Waals surface area contributed by atoms with E-state index in [0.717, 1.165) is 43.6 Å². The van der Waals surface area contributed by atoms with Crippen LogP contribution in [0.4, 0.5) is 5.69 Å². The fourth-order valence-corrected chi connectivity index (χ4v) is 2.82. The van der Waals surface area contributed by atoms with Crippen LogP contribution in [0, 0.1) is 12.3 Å². The van der Waals surface area contributed by atoms with Crippen LogP contribution in [0.3, 0.4) is 0 Å². The molecule has 0 aromatic heterocycles. The van der Waals surface area contributed by atoms with Gasteiger partial charge in [-0.1, -0.05) is 13.0 Å². The number of hydrogen-bond acceptors (Lipinski definition) is 3. The highest BCUT2D eigenvalue weighted by Gasteiger charge is 2.37. The quantitative estimate of drug-likeness (QED) is 0.889. The third-order valence-electron chi connectivity index (χ3n) is 4.32. The lowest BCUT2D eigenvalue weighted by Gasteiger charge is -2.35. The molecule has 2 rings (SSSR count). The highest BCUT2D eigenvalue weighted by Crippen LogP contribution is 2.35. The molecule has 1 aliphatic rings. The largest absolute Gasteiger partial charge is 0.495 e. The molecule has 1 aromatic carbocycles. The van der Waals surface area contributed by atoms with Crippen molar-refractivity contribution in [2.75, 3.05) is 25.5 Å². The van der Waals surface area contributed by atoms with Gasteiger partial charge in [-0.3, -0.25) is 4.79 Å². The number of carbonyl (C=O) groups excluding carboxylic acids is 1. The van der Waals surface area contributed by atoms with Crippen LogP contribution in [0.2, 0.25) is 0 Å². The molecule has 20 heavy (non-hydrogen) atoms. The van der Waals surface area contributed by atoms with Crippen molar-refractivity contribution in [3.8, 4) is 5.75 Å². The van der Waals surface area contributed by atoms with Crippen molar-refractivity contribution in [1.29, 1.82) is 0 Å². The SMILES string of the molecule is CCC1(C(=O)Nc2cc(C)ccc2OC)CCNCC1. The predicted molar refractivity (Wildman–Crippen MR) is 81.2 cm³/mol. The van der Waals surface area contributed by atoms with Gasteiger partial charge in [0.15, 0.2) is 0 Å². The lowest BCUT2D eigenvalue weighted by Crippen LogP contribution is -2.44. The first-order chi connectivity index (χ1) is 9.61. The van der Waals surface area contributed by atoms with Gasteiger partial charge in [-0.15, -0.1) is 0 Å². The molecule has 0 saturated carbocycles. The molecule has 1 fully saturated rings. The number of methoxy groups -OCH3 is 1. The maximum Gasteiger partial charge on any atom is 0.230 e. The van der Waals surface area contributed by atoms with Crippen LogP contribution in [0.15, 0.2) is 18.2 Å². The van der Waals surface area contributed by atoms with E-state index in [1.165, 1.54) is 0 Å². The molecule has 0 radical (unpaired) electrons. The van der Waals surface area contributed by atoms with Gasteiger partial charge in [0, 0.05) is 0 Å². The Balaban J connectivity index is 2.20. The van der Waals surface area contributed by atoms with Crippen LogP contribution >= 0.6 is 0 Å². The van der Waals surface area contributed by atoms with Crippen molar-refractivity contribution >= 4 is 11.6 Å². The summed E-state index contributed by atoms with van der Waals surface area (Å²) in [6.45, 7) is 5.92. The number of amides is 1. The van der Waals surface area contributed by atoms with E-state index in [9.17, 15) is 4.79 Å². The molecule has 4 nitrogen and oxygen atoms in total. The highest BCUT2D eigenvalue weighted by atomic mass is 16.5. The minimum Gasteiger partial charge on any atom is -0.495 e. The van der Waals surface area contributed by atoms with Gasteiger partial charge in [0.1, 0.15) is 5.75 Å². The number of ether oxygens (including phenoxy) is 1. The topological polar surface area (TPSA) is 50.4 Å². The van der Waals surface area contributed by atoms with Crippen LogP contribution in [-0.2, 0) is 4.79 Å². The lowest BCUT2D eigenvalue weighted by atomic mass is 9.76. The van der Waals surface area contributed by atoms with E-state index in [1.54, 1.807) is 7.11 Å². The average molecular weight is 276 g/mol. The summed E-state index contributed by atoms with van der Waals surface area (Å²) >= 11 is 0. The minimum absolute atomic E-state index is 0.116. The third kappa shape index (κ3) is 2.96. The van der Waals surface area contributed by atoms with Crippen molar-refractivity contribution in [1.82, 2.24) is 5.32 Å². The third-order valence-corrected chi connectivity index (χ3v) is 4.32. The van der Waals surface area contributed by atoms with Crippen molar-refractivity contribution in [3.05, 3.63) is 23.8 Å². The van der Waals surface area contributed by atoms with E-state index in [1.807, 2.05) is 25.1 Å². The highest BCUT2D eigenvalue weighted by molar-refractivity contribution is 5.96. The standard InChI is InChI=1S/C16H24N2O2/c1-4-16(7-9-17-10-8-16)15(19)18-13-11-12(2)5-6-14(13)20-3/h5-6,11,17H,4,7-10H2,1-3H3,(H,18,19). The Morgan fingerprint density at radius 1 is 1.40 bits per heavy atom. The van der Waals surface area contributed by atoms with E-state index in [4.69, 9.17) is 4.74 Å². The summed E-state index contributed by atoms with van der Waals surface area (Å²) in [6, 6.07) is 5.84. The maximum absolute atomic E-state index is 12.7. The number of nitrogens with one attached hydrogen (secondary N) is 2. The summed E-state index contributed by atoms with van der Waals surface area (Å²) in [5, 5.41) is 6.39. The molecule has 1 aromatic rings. The van der Waals surface area contributed by atoms with E-state index < -0.39 is 0 Å². The number of piperidine rings is 1. The molecule has 0 atom stereocenters. The Bertz CT molecular complexity index is 479. The molecule has 0 aliphatic carbocycles. The average Bonchev–Trinajstić information content (AvgIpc) is 2.48. The van der Waals surface area contributed by atoms with E-state index in [2.05, 4.69) is 17.6 Å². The van der Waals surface area contributed by atoms with Gasteiger partial charge < -0.3 is 15.4 Å². The number of aryl methyl sites for hydroxylation is 1. The Morgan fingerprint density at radius 3 is 2.70 bits per heavy atom. The molecule has 1 heterocycles. The predicted octanol–water partition coefficient (Wildman–Crippen LogP) is 2.72. The first kappa shape index (κ1) is 14.9. The van der Waals surface area contributed by atoms with E-state index in [-0.39, 0.29) is 11.3 Å². The van der Waals surface area contributed by atoms with Gasteiger partial charge in [0.25, 0.3) is 0 Å². The van der Waals surface area contributed by atoms with Gasteiger partial charge in [-0.05, 0) is 57.0 Å². The molecule has 1 aliphatic heterocycles. The van der Waals surface area contributed by atoms with Crippen molar-refractivity contribution in [3.63, 3.8) is 0 Å². The van der Waals surface area contributed by atoms with Crippen LogP contribution < -0.4 is 15.4 Å². The normalized spacial score (nSPS) is 17.6. The Morgan fingerprint density at radius 2 is 2.10 bits per heavy atom. The second-order valence-corrected chi connectivity index (χ2v) is 5.54. The van der Waals surface area contributed by atoms with Crippen LogP contribution in [0.5, 0.6) is 5.75 Å². The van der Waals surface area contributed by atoms with Crippen molar-refractivity contribution in [2.24, 2.45) is 5.41 Å². The van der Waals surface area contributed by atoms with Gasteiger partial charge in [-0.25, -0.2) is 0 Å². The van der Waals surface area contributed by atoms with Gasteiger partial charge in [0.05, 0.1) is 18.2 Å². The maximum atomic E-state index is 12.7. The summed E-state index contributed by atoms with van der Waals surface area (Å²) in [5.74, 6) is 0.828. The minimum atomic E-state index is -0.250. The summed E-state index contributed by atoms with van der Waals surface area (Å²) in [5.41, 5.74) is 1.63. The molecule has 0 spiro atoms. The Labute approximate surface area is 120 Å². The van der Waals surface area contributed by atoms with Gasteiger partial charge >= 0.3 is 0 Å². The van der Waals surface area contributed by atoms with Gasteiger partial charge in [0.2, 0.25) is 5.91 Å². The fraction of sp³-hybridized carbons (Fsp3) is 0.562. The zero-order valence-electron chi connectivity index (χ0n) is 12.6. The molecule has 1 amide bonds. The molecule has 2 N–H and O–H groups in total. The molecule has 4 heteroatoms. The van der Waals surface area contributed by atoms with Gasteiger partial charge in [-0.2, -0.15) is 0 Å². The smallest absolute Gasteiger partial charge is 0.230 e. The van der Waals surface area contributed by atoms with Crippen LogP contribution in [0.1, 0.15) is 31.7 Å². The molecule has 0 bridgehead atoms. The molecular weight excluding hydrogens is 252 g/mol. The molecule has 110 valence electrons. The summed E-state index contributed by atoms with van der Waals surface area (Å²) in [4.78, 5) is 12.7. The zero-order chi connectivity index (χ0) is 14.6. The summed E-state index contributed by atoms with van der Waals surface area (Å²) < 4.78 is 5.33. The van der Waals surface area contributed by atoms with Crippen molar-refractivity contribution in [2.45, 2.75) is 33.1 Å². The second kappa shape index (κ2) is 6.27. The summed E-state index contributed by atoms with van der Waals surface area (Å²) in [7, 11) is 1.63. The number of anilines is 1. The molecule has 0 unspecified atom stereocenters. The number of hydrogen-bond donors (Lipinski definition) is 2. The summed E-state index contributed by atoms with van der Waals surface area (Å²) in [6.07, 6.45) is 2.65. The first-order valence-corrected chi connectivity index (χ1v) is 7.28. The monoisotopic (exact) mass is 276 g/mol. The van der Waals surface area contributed by atoms with Crippen molar-refractivity contribution < 1.29 is 9.53 Å². The van der Waals surface area contributed by atoms with E-state index in [0.29, 0.717) is 5.75 Å². The molecule has 1 saturated heterocycles. The lowest BCUT2D eigenvalue weighted by molar-refractivity contribution is -0.127. The number of benzene rings is 1.